The normalized spacial score (nSPS) is 20.8. The van der Waals surface area contributed by atoms with Crippen molar-refractivity contribution in [3.05, 3.63) is 40.4 Å². The largest absolute Gasteiger partial charge is 0.493 e. The Labute approximate surface area is 128 Å². The van der Waals surface area contributed by atoms with Crippen molar-refractivity contribution in [2.75, 3.05) is 14.2 Å². The highest BCUT2D eigenvalue weighted by atomic mass is 16.5. The zero-order valence-corrected chi connectivity index (χ0v) is 13.2. The highest BCUT2D eigenvalue weighted by molar-refractivity contribution is 6.15. The second-order valence-electron chi connectivity index (χ2n) is 5.72. The quantitative estimate of drug-likeness (QED) is 0.923. The lowest BCUT2D eigenvalue weighted by molar-refractivity contribution is 0.0792. The monoisotopic (exact) mass is 302 g/mol. The number of furan rings is 1. The van der Waals surface area contributed by atoms with E-state index in [-0.39, 0.29) is 11.5 Å². The minimum absolute atomic E-state index is 0.0952. The predicted molar refractivity (Wildman–Crippen MR) is 81.2 cm³/mol. The van der Waals surface area contributed by atoms with Crippen LogP contribution in [0.3, 0.4) is 0 Å². The van der Waals surface area contributed by atoms with Crippen molar-refractivity contribution < 1.29 is 23.8 Å². The van der Waals surface area contributed by atoms with Crippen LogP contribution >= 0.6 is 0 Å². The van der Waals surface area contributed by atoms with Gasteiger partial charge in [-0.15, -0.1) is 0 Å². The van der Waals surface area contributed by atoms with Crippen molar-refractivity contribution in [1.29, 1.82) is 0 Å². The van der Waals surface area contributed by atoms with Gasteiger partial charge in [0.2, 0.25) is 5.78 Å². The molecule has 22 heavy (non-hydrogen) atoms. The molecule has 1 aliphatic carbocycles. The van der Waals surface area contributed by atoms with E-state index >= 15 is 0 Å². The maximum absolute atomic E-state index is 12.7. The summed E-state index contributed by atoms with van der Waals surface area (Å²) in [4.78, 5) is 12.7. The number of aryl methyl sites for hydroxylation is 2. The third kappa shape index (κ3) is 1.72. The molecule has 1 N–H and O–H groups in total. The number of hydrogen-bond acceptors (Lipinski definition) is 5. The van der Waals surface area contributed by atoms with Crippen LogP contribution in [0.1, 0.15) is 34.0 Å². The number of carbonyl (C=O) groups is 1. The van der Waals surface area contributed by atoms with E-state index in [9.17, 15) is 9.90 Å². The number of ether oxygens (including phenoxy) is 2. The van der Waals surface area contributed by atoms with Crippen LogP contribution in [-0.2, 0) is 10.3 Å². The summed E-state index contributed by atoms with van der Waals surface area (Å²) in [6, 6.07) is 0. The number of benzene rings is 1. The molecule has 1 atom stereocenters. The van der Waals surface area contributed by atoms with Gasteiger partial charge in [-0.1, -0.05) is 0 Å². The lowest BCUT2D eigenvalue weighted by Crippen LogP contribution is -2.30. The average molecular weight is 302 g/mol. The number of ketones is 1. The number of fused-ring (bicyclic) bond motifs is 2. The van der Waals surface area contributed by atoms with Crippen LogP contribution in [0, 0.1) is 13.8 Å². The maximum Gasteiger partial charge on any atom is 0.231 e. The first kappa shape index (κ1) is 14.7. The van der Waals surface area contributed by atoms with Gasteiger partial charge in [-0.05, 0) is 38.0 Å². The number of aliphatic hydroxyl groups is 1. The fourth-order valence-electron chi connectivity index (χ4n) is 3.33. The van der Waals surface area contributed by atoms with Crippen molar-refractivity contribution >= 4 is 16.8 Å². The molecule has 5 nitrogen and oxygen atoms in total. The predicted octanol–water partition coefficient (Wildman–Crippen LogP) is 2.99. The van der Waals surface area contributed by atoms with Gasteiger partial charge in [-0.2, -0.15) is 0 Å². The molecule has 0 fully saturated rings. The Morgan fingerprint density at radius 2 is 1.91 bits per heavy atom. The average Bonchev–Trinajstić information content (AvgIpc) is 2.85. The third-order valence-corrected chi connectivity index (χ3v) is 4.20. The zero-order valence-electron chi connectivity index (χ0n) is 13.2. The van der Waals surface area contributed by atoms with Gasteiger partial charge < -0.3 is 19.0 Å². The zero-order chi connectivity index (χ0) is 16.2. The fraction of sp³-hybridized carbons (Fsp3) is 0.353. The topological polar surface area (TPSA) is 68.9 Å². The molecule has 0 spiro atoms. The summed E-state index contributed by atoms with van der Waals surface area (Å²) in [5, 5.41) is 11.7. The molecular weight excluding hydrogens is 284 g/mol. The summed E-state index contributed by atoms with van der Waals surface area (Å²) in [5.41, 5.74) is 1.75. The molecule has 0 bridgehead atoms. The van der Waals surface area contributed by atoms with E-state index in [0.29, 0.717) is 22.5 Å². The summed E-state index contributed by atoms with van der Waals surface area (Å²) >= 11 is 0. The third-order valence-electron chi connectivity index (χ3n) is 4.20. The highest BCUT2D eigenvalue weighted by Gasteiger charge is 2.40. The van der Waals surface area contributed by atoms with Gasteiger partial charge >= 0.3 is 0 Å². The summed E-state index contributed by atoms with van der Waals surface area (Å²) in [7, 11) is 2.88. The van der Waals surface area contributed by atoms with Crippen LogP contribution in [0.2, 0.25) is 0 Å². The molecular formula is C17H18O5. The van der Waals surface area contributed by atoms with Crippen LogP contribution in [0.5, 0.6) is 5.75 Å². The van der Waals surface area contributed by atoms with Gasteiger partial charge in [0.25, 0.3) is 0 Å². The standard InChI is InChI=1S/C17H18O5/c1-8-7-22-16-11(8)9(2)13-12(15(16)21-5)14(18)10(20-4)6-17(13,3)19/h6-7,19H,1-5H3. The lowest BCUT2D eigenvalue weighted by Gasteiger charge is -2.31. The van der Waals surface area contributed by atoms with Crippen LogP contribution in [0.15, 0.2) is 22.5 Å². The number of hydrogen-bond donors (Lipinski definition) is 1. The Kier molecular flexibility index (Phi) is 3.07. The first-order chi connectivity index (χ1) is 10.3. The molecule has 116 valence electrons. The van der Waals surface area contributed by atoms with E-state index in [1.807, 2.05) is 13.8 Å². The molecule has 0 saturated heterocycles. The van der Waals surface area contributed by atoms with Crippen molar-refractivity contribution in [1.82, 2.24) is 0 Å². The molecule has 1 unspecified atom stereocenters. The van der Waals surface area contributed by atoms with Gasteiger partial charge in [0, 0.05) is 10.9 Å². The van der Waals surface area contributed by atoms with Crippen LogP contribution < -0.4 is 4.74 Å². The molecule has 1 aliphatic rings. The number of methoxy groups -OCH3 is 2. The maximum atomic E-state index is 12.7. The molecule has 3 rings (SSSR count). The highest BCUT2D eigenvalue weighted by Crippen LogP contribution is 2.46. The fourth-order valence-corrected chi connectivity index (χ4v) is 3.33. The first-order valence-electron chi connectivity index (χ1n) is 6.96. The van der Waals surface area contributed by atoms with Crippen molar-refractivity contribution in [2.24, 2.45) is 0 Å². The van der Waals surface area contributed by atoms with Gasteiger partial charge in [0.05, 0.1) is 26.0 Å². The molecule has 0 aliphatic heterocycles. The molecule has 5 heteroatoms. The Morgan fingerprint density at radius 1 is 1.23 bits per heavy atom. The van der Waals surface area contributed by atoms with E-state index in [0.717, 1.165) is 16.5 Å². The van der Waals surface area contributed by atoms with Crippen molar-refractivity contribution in [2.45, 2.75) is 26.4 Å². The SMILES string of the molecule is COC1=CC(C)(O)c2c(c(OC)c3occ(C)c3c2C)C1=O. The summed E-state index contributed by atoms with van der Waals surface area (Å²) in [6.07, 6.45) is 3.06. The Hall–Kier alpha value is -2.27. The second-order valence-corrected chi connectivity index (χ2v) is 5.72. The molecule has 1 heterocycles. The van der Waals surface area contributed by atoms with Gasteiger partial charge in [-0.3, -0.25) is 4.79 Å². The molecule has 0 amide bonds. The number of rotatable bonds is 2. The van der Waals surface area contributed by atoms with Gasteiger partial charge in [-0.25, -0.2) is 0 Å². The number of Topliss-reactive ketones (excluding diaryl/α,β-unsaturated/α-hetero) is 1. The van der Waals surface area contributed by atoms with Crippen LogP contribution in [0.25, 0.3) is 11.0 Å². The summed E-state index contributed by atoms with van der Waals surface area (Å²) in [5.74, 6) is 0.106. The molecule has 0 radical (unpaired) electrons. The molecule has 2 aromatic rings. The van der Waals surface area contributed by atoms with Crippen molar-refractivity contribution in [3.63, 3.8) is 0 Å². The smallest absolute Gasteiger partial charge is 0.231 e. The summed E-state index contributed by atoms with van der Waals surface area (Å²) in [6.45, 7) is 5.42. The van der Waals surface area contributed by atoms with E-state index < -0.39 is 5.60 Å². The van der Waals surface area contributed by atoms with E-state index in [1.54, 1.807) is 13.2 Å². The minimum atomic E-state index is -1.33. The first-order valence-corrected chi connectivity index (χ1v) is 6.96. The van der Waals surface area contributed by atoms with Gasteiger partial charge in [0.15, 0.2) is 17.1 Å². The molecule has 1 aromatic carbocycles. The van der Waals surface area contributed by atoms with Crippen molar-refractivity contribution in [3.8, 4) is 5.75 Å². The van der Waals surface area contributed by atoms with E-state index in [1.165, 1.54) is 20.3 Å². The van der Waals surface area contributed by atoms with Crippen LogP contribution in [-0.4, -0.2) is 25.1 Å². The summed E-state index contributed by atoms with van der Waals surface area (Å²) < 4.78 is 16.1. The van der Waals surface area contributed by atoms with Crippen LogP contribution in [0.4, 0.5) is 0 Å². The number of carbonyl (C=O) groups excluding carboxylic acids is 1. The Bertz CT molecular complexity index is 823. The van der Waals surface area contributed by atoms with E-state index in [4.69, 9.17) is 13.9 Å². The second kappa shape index (κ2) is 4.61. The van der Waals surface area contributed by atoms with E-state index in [2.05, 4.69) is 0 Å². The Balaban J connectivity index is 2.53. The lowest BCUT2D eigenvalue weighted by atomic mass is 9.79. The number of allylic oxidation sites excluding steroid dienone is 1. The van der Waals surface area contributed by atoms with Gasteiger partial charge in [0.1, 0.15) is 5.60 Å². The Morgan fingerprint density at radius 3 is 2.50 bits per heavy atom. The molecule has 0 saturated carbocycles. The molecule has 1 aromatic heterocycles. The minimum Gasteiger partial charge on any atom is -0.493 e.